The minimum absolute atomic E-state index is 0.0563. The van der Waals surface area contributed by atoms with Crippen LogP contribution in [0.3, 0.4) is 0 Å². The Hall–Kier alpha value is -2.53. The van der Waals surface area contributed by atoms with E-state index in [-0.39, 0.29) is 12.0 Å². The van der Waals surface area contributed by atoms with Gasteiger partial charge in [0.1, 0.15) is 11.5 Å². The number of carboxylic acid groups (broad SMARTS) is 1. The van der Waals surface area contributed by atoms with Gasteiger partial charge in [-0.1, -0.05) is 30.3 Å². The fourth-order valence-corrected chi connectivity index (χ4v) is 3.71. The van der Waals surface area contributed by atoms with Gasteiger partial charge in [0.25, 0.3) is 0 Å². The molecule has 5 nitrogen and oxygen atoms in total. The predicted octanol–water partition coefficient (Wildman–Crippen LogP) is 3.59. The largest absolute Gasteiger partial charge is 0.497 e. The summed E-state index contributed by atoms with van der Waals surface area (Å²) in [7, 11) is 3.31. The fourth-order valence-electron chi connectivity index (χ4n) is 3.71. The van der Waals surface area contributed by atoms with Crippen molar-refractivity contribution in [2.75, 3.05) is 27.3 Å². The van der Waals surface area contributed by atoms with E-state index < -0.39 is 5.97 Å². The molecule has 0 spiro atoms. The quantitative estimate of drug-likeness (QED) is 0.858. The number of benzene rings is 2. The highest BCUT2D eigenvalue weighted by Gasteiger charge is 2.32. The van der Waals surface area contributed by atoms with E-state index >= 15 is 0 Å². The van der Waals surface area contributed by atoms with Crippen LogP contribution in [0.5, 0.6) is 11.5 Å². The van der Waals surface area contributed by atoms with Crippen molar-refractivity contribution in [1.82, 2.24) is 4.90 Å². The summed E-state index contributed by atoms with van der Waals surface area (Å²) in [4.78, 5) is 13.8. The maximum Gasteiger partial charge on any atom is 0.307 e. The first-order valence-corrected chi connectivity index (χ1v) is 8.87. The molecule has 0 bridgehead atoms. The van der Waals surface area contributed by atoms with Gasteiger partial charge in [0.05, 0.1) is 26.2 Å². The summed E-state index contributed by atoms with van der Waals surface area (Å²) in [6.45, 7) is 1.39. The van der Waals surface area contributed by atoms with Gasteiger partial charge < -0.3 is 14.6 Å². The summed E-state index contributed by atoms with van der Waals surface area (Å²) in [5.74, 6) is 0.558. The molecule has 3 rings (SSSR count). The van der Waals surface area contributed by atoms with Crippen LogP contribution in [-0.2, 0) is 4.79 Å². The Morgan fingerprint density at radius 2 is 1.85 bits per heavy atom. The lowest BCUT2D eigenvalue weighted by Gasteiger charge is -2.38. The summed E-state index contributed by atoms with van der Waals surface area (Å²) in [6, 6.07) is 15.9. The summed E-state index contributed by atoms with van der Waals surface area (Å²) in [5, 5.41) is 9.48. The fraction of sp³-hybridized carbons (Fsp3) is 0.381. The first-order chi connectivity index (χ1) is 12.6. The monoisotopic (exact) mass is 355 g/mol. The first kappa shape index (κ1) is 18.3. The molecule has 1 N–H and O–H groups in total. The molecule has 5 heteroatoms. The van der Waals surface area contributed by atoms with Gasteiger partial charge in [0.15, 0.2) is 0 Å². The van der Waals surface area contributed by atoms with Crippen LogP contribution >= 0.6 is 0 Å². The third-order valence-electron chi connectivity index (χ3n) is 5.03. The van der Waals surface area contributed by atoms with Crippen molar-refractivity contribution in [2.24, 2.45) is 5.92 Å². The van der Waals surface area contributed by atoms with E-state index in [1.165, 1.54) is 0 Å². The third kappa shape index (κ3) is 3.83. The van der Waals surface area contributed by atoms with E-state index in [0.717, 1.165) is 42.0 Å². The Morgan fingerprint density at radius 3 is 2.50 bits per heavy atom. The van der Waals surface area contributed by atoms with Crippen molar-refractivity contribution >= 4 is 5.97 Å². The lowest BCUT2D eigenvalue weighted by molar-refractivity contribution is -0.143. The smallest absolute Gasteiger partial charge is 0.307 e. The van der Waals surface area contributed by atoms with Crippen molar-refractivity contribution in [2.45, 2.75) is 18.9 Å². The van der Waals surface area contributed by atoms with E-state index in [1.807, 2.05) is 42.5 Å². The first-order valence-electron chi connectivity index (χ1n) is 8.87. The van der Waals surface area contributed by atoms with Crippen LogP contribution in [0.2, 0.25) is 0 Å². The number of piperidine rings is 1. The molecule has 1 heterocycles. The molecule has 0 radical (unpaired) electrons. The number of aliphatic carboxylic acids is 1. The molecule has 0 aromatic heterocycles. The molecular weight excluding hydrogens is 330 g/mol. The standard InChI is InChI=1S/C21H25NO4/c1-25-17-11-9-15(10-12-17)20(18-7-3-4-8-19(18)26-2)22-13-5-6-16(14-22)21(23)24/h3-4,7-12,16,20H,5-6,13-14H2,1-2H3,(H,23,24). The van der Waals surface area contributed by atoms with E-state index in [2.05, 4.69) is 11.0 Å². The molecule has 2 atom stereocenters. The number of carboxylic acids is 1. The summed E-state index contributed by atoms with van der Waals surface area (Å²) >= 11 is 0. The van der Waals surface area contributed by atoms with Gasteiger partial charge in [-0.05, 0) is 43.1 Å². The van der Waals surface area contributed by atoms with Gasteiger partial charge in [-0.2, -0.15) is 0 Å². The van der Waals surface area contributed by atoms with Gasteiger partial charge in [0.2, 0.25) is 0 Å². The molecular formula is C21H25NO4. The number of hydrogen-bond acceptors (Lipinski definition) is 4. The zero-order valence-corrected chi connectivity index (χ0v) is 15.2. The SMILES string of the molecule is COc1ccc(C(c2ccccc2OC)N2CCCC(C(=O)O)C2)cc1. The maximum atomic E-state index is 11.5. The van der Waals surface area contributed by atoms with Gasteiger partial charge in [-0.15, -0.1) is 0 Å². The molecule has 0 aliphatic carbocycles. The lowest BCUT2D eigenvalue weighted by atomic mass is 9.91. The minimum Gasteiger partial charge on any atom is -0.497 e. The van der Waals surface area contributed by atoms with Crippen LogP contribution in [0.4, 0.5) is 0 Å². The van der Waals surface area contributed by atoms with Crippen molar-refractivity contribution in [3.8, 4) is 11.5 Å². The second kappa shape index (κ2) is 8.23. The van der Waals surface area contributed by atoms with E-state index in [0.29, 0.717) is 6.54 Å². The highest BCUT2D eigenvalue weighted by atomic mass is 16.5. The van der Waals surface area contributed by atoms with Crippen LogP contribution in [0.25, 0.3) is 0 Å². The number of rotatable bonds is 6. The predicted molar refractivity (Wildman–Crippen MR) is 99.8 cm³/mol. The number of ether oxygens (including phenoxy) is 2. The van der Waals surface area contributed by atoms with Crippen molar-refractivity contribution in [1.29, 1.82) is 0 Å². The van der Waals surface area contributed by atoms with Gasteiger partial charge in [-0.3, -0.25) is 9.69 Å². The van der Waals surface area contributed by atoms with Gasteiger partial charge in [0, 0.05) is 12.1 Å². The molecule has 0 amide bonds. The number of methoxy groups -OCH3 is 2. The molecule has 1 aliphatic heterocycles. The van der Waals surface area contributed by atoms with Crippen molar-refractivity contribution in [3.05, 3.63) is 59.7 Å². The zero-order valence-electron chi connectivity index (χ0n) is 15.2. The summed E-state index contributed by atoms with van der Waals surface area (Å²) < 4.78 is 10.9. The summed E-state index contributed by atoms with van der Waals surface area (Å²) in [6.07, 6.45) is 1.60. The molecule has 1 aliphatic rings. The van der Waals surface area contributed by atoms with E-state index in [9.17, 15) is 9.90 Å². The Kier molecular flexibility index (Phi) is 5.78. The van der Waals surface area contributed by atoms with Crippen LogP contribution in [0.15, 0.2) is 48.5 Å². The average molecular weight is 355 g/mol. The van der Waals surface area contributed by atoms with Crippen LogP contribution < -0.4 is 9.47 Å². The highest BCUT2D eigenvalue weighted by molar-refractivity contribution is 5.70. The second-order valence-corrected chi connectivity index (χ2v) is 6.59. The highest BCUT2D eigenvalue weighted by Crippen LogP contribution is 2.37. The number of hydrogen-bond donors (Lipinski definition) is 1. The molecule has 1 saturated heterocycles. The van der Waals surface area contributed by atoms with Gasteiger partial charge >= 0.3 is 5.97 Å². The number of para-hydroxylation sites is 1. The number of carbonyl (C=O) groups is 1. The molecule has 138 valence electrons. The van der Waals surface area contributed by atoms with Crippen LogP contribution in [0.1, 0.15) is 30.0 Å². The minimum atomic E-state index is -0.719. The number of nitrogens with zero attached hydrogens (tertiary/aromatic N) is 1. The van der Waals surface area contributed by atoms with Crippen LogP contribution in [0, 0.1) is 5.92 Å². The Labute approximate surface area is 154 Å². The topological polar surface area (TPSA) is 59.0 Å². The Morgan fingerprint density at radius 1 is 1.12 bits per heavy atom. The summed E-state index contributed by atoms with van der Waals surface area (Å²) in [5.41, 5.74) is 2.15. The molecule has 2 aromatic rings. The molecule has 2 unspecified atom stereocenters. The maximum absolute atomic E-state index is 11.5. The molecule has 0 saturated carbocycles. The average Bonchev–Trinajstić information content (AvgIpc) is 2.69. The zero-order chi connectivity index (χ0) is 18.5. The third-order valence-corrected chi connectivity index (χ3v) is 5.03. The Bertz CT molecular complexity index is 744. The van der Waals surface area contributed by atoms with E-state index in [4.69, 9.17) is 9.47 Å². The number of likely N-dealkylation sites (tertiary alicyclic amines) is 1. The Balaban J connectivity index is 2.02. The van der Waals surface area contributed by atoms with Crippen molar-refractivity contribution < 1.29 is 19.4 Å². The lowest BCUT2D eigenvalue weighted by Crippen LogP contribution is -2.41. The van der Waals surface area contributed by atoms with Crippen molar-refractivity contribution in [3.63, 3.8) is 0 Å². The second-order valence-electron chi connectivity index (χ2n) is 6.59. The normalized spacial score (nSPS) is 18.9. The molecule has 1 fully saturated rings. The molecule has 26 heavy (non-hydrogen) atoms. The van der Waals surface area contributed by atoms with E-state index in [1.54, 1.807) is 14.2 Å². The van der Waals surface area contributed by atoms with Gasteiger partial charge in [-0.25, -0.2) is 0 Å². The van der Waals surface area contributed by atoms with Crippen LogP contribution in [-0.4, -0.2) is 43.3 Å². The molecule has 2 aromatic carbocycles.